The second kappa shape index (κ2) is 6.48. The fraction of sp³-hybridized carbons (Fsp3) is 0.333. The van der Waals surface area contributed by atoms with Gasteiger partial charge >= 0.3 is 6.18 Å². The highest BCUT2D eigenvalue weighted by atomic mass is 32.2. The number of carbonyl (C=O) groups is 1. The zero-order valence-corrected chi connectivity index (χ0v) is 10.8. The van der Waals surface area contributed by atoms with Crippen molar-refractivity contribution in [1.82, 2.24) is 0 Å². The molecule has 1 N–H and O–H groups in total. The molecule has 0 bridgehead atoms. The predicted octanol–water partition coefficient (Wildman–Crippen LogP) is 3.29. The Kier molecular flexibility index (Phi) is 5.24. The Morgan fingerprint density at radius 1 is 1.47 bits per heavy atom. The van der Waals surface area contributed by atoms with Gasteiger partial charge in [0, 0.05) is 0 Å². The third-order valence-electron chi connectivity index (χ3n) is 2.26. The monoisotopic (exact) mass is 288 g/mol. The molecule has 7 heteroatoms. The van der Waals surface area contributed by atoms with E-state index in [1.54, 1.807) is 0 Å². The number of halogens is 3. The summed E-state index contributed by atoms with van der Waals surface area (Å²) < 4.78 is 38.1. The van der Waals surface area contributed by atoms with Crippen LogP contribution >= 0.6 is 11.8 Å². The Morgan fingerprint density at radius 3 is 2.68 bits per heavy atom. The molecule has 0 aliphatic rings. The molecular weight excluding hydrogens is 277 g/mol. The lowest BCUT2D eigenvalue weighted by Crippen LogP contribution is -2.24. The molecule has 3 nitrogen and oxygen atoms in total. The minimum Gasteiger partial charge on any atom is -0.325 e. The van der Waals surface area contributed by atoms with Gasteiger partial charge in [0.15, 0.2) is 0 Å². The molecule has 1 unspecified atom stereocenters. The largest absolute Gasteiger partial charge is 0.418 e. The molecule has 0 spiro atoms. The molecule has 1 atom stereocenters. The maximum absolute atomic E-state index is 12.7. The minimum absolute atomic E-state index is 0.107. The SMILES string of the molecule is CC(SCC#N)C(=O)Nc1ccccc1C(F)(F)F. The number of nitriles is 1. The number of benzene rings is 1. The summed E-state index contributed by atoms with van der Waals surface area (Å²) in [6, 6.07) is 6.63. The third kappa shape index (κ3) is 4.48. The number of nitrogens with one attached hydrogen (secondary N) is 1. The second-order valence-electron chi connectivity index (χ2n) is 3.64. The first-order valence-corrected chi connectivity index (χ1v) is 6.36. The maximum Gasteiger partial charge on any atom is 0.418 e. The molecule has 19 heavy (non-hydrogen) atoms. The van der Waals surface area contributed by atoms with Crippen molar-refractivity contribution in [3.63, 3.8) is 0 Å². The normalized spacial score (nSPS) is 12.6. The zero-order chi connectivity index (χ0) is 14.5. The summed E-state index contributed by atoms with van der Waals surface area (Å²) in [6.07, 6.45) is -4.52. The molecule has 0 heterocycles. The number of thioether (sulfide) groups is 1. The van der Waals surface area contributed by atoms with Crippen LogP contribution in [0.5, 0.6) is 0 Å². The van der Waals surface area contributed by atoms with Crippen molar-refractivity contribution in [1.29, 1.82) is 5.26 Å². The highest BCUT2D eigenvalue weighted by molar-refractivity contribution is 8.00. The van der Waals surface area contributed by atoms with Gasteiger partial charge in [0.05, 0.1) is 28.3 Å². The van der Waals surface area contributed by atoms with Gasteiger partial charge in [0.1, 0.15) is 0 Å². The molecular formula is C12H11F3N2OS. The summed E-state index contributed by atoms with van der Waals surface area (Å²) in [5.41, 5.74) is -1.16. The van der Waals surface area contributed by atoms with E-state index in [1.165, 1.54) is 25.1 Å². The fourth-order valence-electron chi connectivity index (χ4n) is 1.31. The quantitative estimate of drug-likeness (QED) is 0.925. The van der Waals surface area contributed by atoms with E-state index in [0.29, 0.717) is 0 Å². The van der Waals surface area contributed by atoms with Crippen molar-refractivity contribution in [3.05, 3.63) is 29.8 Å². The Morgan fingerprint density at radius 2 is 2.11 bits per heavy atom. The first kappa shape index (κ1) is 15.4. The lowest BCUT2D eigenvalue weighted by atomic mass is 10.1. The number of carbonyl (C=O) groups excluding carboxylic acids is 1. The van der Waals surface area contributed by atoms with Gasteiger partial charge in [-0.15, -0.1) is 11.8 Å². The van der Waals surface area contributed by atoms with Crippen LogP contribution in [0.3, 0.4) is 0 Å². The van der Waals surface area contributed by atoms with Gasteiger partial charge in [-0.1, -0.05) is 12.1 Å². The maximum atomic E-state index is 12.7. The first-order valence-electron chi connectivity index (χ1n) is 5.32. The number of hydrogen-bond acceptors (Lipinski definition) is 3. The van der Waals surface area contributed by atoms with Crippen molar-refractivity contribution in [2.45, 2.75) is 18.3 Å². The number of alkyl halides is 3. The smallest absolute Gasteiger partial charge is 0.325 e. The second-order valence-corrected chi connectivity index (χ2v) is 4.97. The molecule has 1 amide bonds. The molecule has 0 radical (unpaired) electrons. The summed E-state index contributed by atoms with van der Waals surface area (Å²) in [7, 11) is 0. The molecule has 0 fully saturated rings. The lowest BCUT2D eigenvalue weighted by molar-refractivity contribution is -0.137. The van der Waals surface area contributed by atoms with Crippen LogP contribution in [0.25, 0.3) is 0 Å². The number of hydrogen-bond donors (Lipinski definition) is 1. The molecule has 0 aliphatic heterocycles. The van der Waals surface area contributed by atoms with Gasteiger partial charge in [-0.2, -0.15) is 18.4 Å². The first-order chi connectivity index (χ1) is 8.86. The third-order valence-corrected chi connectivity index (χ3v) is 3.27. The molecule has 1 rings (SSSR count). The van der Waals surface area contributed by atoms with Crippen molar-refractivity contribution >= 4 is 23.4 Å². The summed E-state index contributed by atoms with van der Waals surface area (Å²) in [5.74, 6) is -0.452. The van der Waals surface area contributed by atoms with E-state index in [0.717, 1.165) is 17.8 Å². The predicted molar refractivity (Wildman–Crippen MR) is 67.6 cm³/mol. The molecule has 0 aromatic heterocycles. The molecule has 0 aliphatic carbocycles. The molecule has 0 saturated carbocycles. The van der Waals surface area contributed by atoms with Crippen LogP contribution in [-0.2, 0) is 11.0 Å². The standard InChI is InChI=1S/C12H11F3N2OS/c1-8(19-7-6-16)11(18)17-10-5-3-2-4-9(10)12(13,14)15/h2-5,8H,7H2,1H3,(H,17,18). The Labute approximate surface area is 112 Å². The average molecular weight is 288 g/mol. The van der Waals surface area contributed by atoms with Crippen LogP contribution in [0.15, 0.2) is 24.3 Å². The summed E-state index contributed by atoms with van der Waals surface area (Å²) in [4.78, 5) is 11.7. The minimum atomic E-state index is -4.52. The van der Waals surface area contributed by atoms with E-state index in [9.17, 15) is 18.0 Å². The van der Waals surface area contributed by atoms with Crippen LogP contribution in [0.1, 0.15) is 12.5 Å². The van der Waals surface area contributed by atoms with Crippen molar-refractivity contribution < 1.29 is 18.0 Å². The van der Waals surface area contributed by atoms with Gasteiger partial charge in [-0.3, -0.25) is 4.79 Å². The van der Waals surface area contributed by atoms with E-state index in [-0.39, 0.29) is 11.4 Å². The number of para-hydroxylation sites is 1. The summed E-state index contributed by atoms with van der Waals surface area (Å²) in [6.45, 7) is 1.54. The average Bonchev–Trinajstić information content (AvgIpc) is 2.35. The Hall–Kier alpha value is -1.68. The zero-order valence-electron chi connectivity index (χ0n) is 9.99. The van der Waals surface area contributed by atoms with Gasteiger partial charge in [0.2, 0.25) is 5.91 Å². The number of rotatable bonds is 4. The number of amides is 1. The van der Waals surface area contributed by atoms with E-state index < -0.39 is 22.9 Å². The van der Waals surface area contributed by atoms with Crippen LogP contribution in [-0.4, -0.2) is 16.9 Å². The van der Waals surface area contributed by atoms with Crippen LogP contribution in [0, 0.1) is 11.3 Å². The highest BCUT2D eigenvalue weighted by Crippen LogP contribution is 2.34. The van der Waals surface area contributed by atoms with Crippen molar-refractivity contribution in [2.24, 2.45) is 0 Å². The van der Waals surface area contributed by atoms with E-state index in [1.807, 2.05) is 6.07 Å². The van der Waals surface area contributed by atoms with Crippen LogP contribution in [0.4, 0.5) is 18.9 Å². The molecule has 0 saturated heterocycles. The van der Waals surface area contributed by atoms with Gasteiger partial charge in [-0.05, 0) is 19.1 Å². The molecule has 1 aromatic rings. The van der Waals surface area contributed by atoms with Crippen molar-refractivity contribution in [2.75, 3.05) is 11.1 Å². The van der Waals surface area contributed by atoms with Crippen LogP contribution in [0.2, 0.25) is 0 Å². The van der Waals surface area contributed by atoms with Crippen molar-refractivity contribution in [3.8, 4) is 6.07 Å². The molecule has 102 valence electrons. The number of nitrogens with zero attached hydrogens (tertiary/aromatic N) is 1. The number of anilines is 1. The topological polar surface area (TPSA) is 52.9 Å². The van der Waals surface area contributed by atoms with E-state index in [2.05, 4.69) is 5.32 Å². The van der Waals surface area contributed by atoms with Gasteiger partial charge in [-0.25, -0.2) is 0 Å². The van der Waals surface area contributed by atoms with E-state index >= 15 is 0 Å². The highest BCUT2D eigenvalue weighted by Gasteiger charge is 2.33. The Balaban J connectivity index is 2.83. The van der Waals surface area contributed by atoms with Crippen LogP contribution < -0.4 is 5.32 Å². The van der Waals surface area contributed by atoms with Gasteiger partial charge < -0.3 is 5.32 Å². The summed E-state index contributed by atoms with van der Waals surface area (Å²) in [5, 5.41) is 10.0. The summed E-state index contributed by atoms with van der Waals surface area (Å²) >= 11 is 1.06. The van der Waals surface area contributed by atoms with E-state index in [4.69, 9.17) is 5.26 Å². The lowest BCUT2D eigenvalue weighted by Gasteiger charge is -2.15. The molecule has 1 aromatic carbocycles. The Bertz CT molecular complexity index is 496. The van der Waals surface area contributed by atoms with Gasteiger partial charge in [0.25, 0.3) is 0 Å². The fourth-order valence-corrected chi connectivity index (χ4v) is 1.85.